The molecule has 0 atom stereocenters. The van der Waals surface area contributed by atoms with Gasteiger partial charge in [-0.25, -0.2) is 20.2 Å². The first kappa shape index (κ1) is 14.4. The molecule has 2 aromatic rings. The lowest BCUT2D eigenvalue weighted by Gasteiger charge is -2.16. The van der Waals surface area contributed by atoms with Crippen LogP contribution in [0.5, 0.6) is 0 Å². The fourth-order valence-corrected chi connectivity index (χ4v) is 2.02. The number of rotatable bonds is 5. The molecule has 0 unspecified atom stereocenters. The molecule has 2 rings (SSSR count). The number of hydrogen-bond donors (Lipinski definition) is 2. The second-order valence-corrected chi connectivity index (χ2v) is 4.76. The van der Waals surface area contributed by atoms with E-state index in [4.69, 9.17) is 5.84 Å². The maximum Gasteiger partial charge on any atom is 0.145 e. The molecule has 3 N–H and O–H groups in total. The van der Waals surface area contributed by atoms with E-state index in [9.17, 15) is 4.39 Å². The Morgan fingerprint density at radius 3 is 2.75 bits per heavy atom. The van der Waals surface area contributed by atoms with Crippen molar-refractivity contribution in [1.82, 2.24) is 14.9 Å². The van der Waals surface area contributed by atoms with Crippen LogP contribution in [0.4, 0.5) is 10.2 Å². The molecule has 0 aliphatic heterocycles. The van der Waals surface area contributed by atoms with Gasteiger partial charge >= 0.3 is 0 Å². The molecule has 0 fully saturated rings. The third-order valence-corrected chi connectivity index (χ3v) is 2.80. The number of hydrogen-bond acceptors (Lipinski definition) is 5. The largest absolute Gasteiger partial charge is 0.308 e. The van der Waals surface area contributed by atoms with Gasteiger partial charge in [0.05, 0.1) is 6.54 Å². The zero-order valence-corrected chi connectivity index (χ0v) is 11.6. The van der Waals surface area contributed by atoms with E-state index in [-0.39, 0.29) is 5.82 Å². The highest BCUT2D eigenvalue weighted by Crippen LogP contribution is 2.10. The summed E-state index contributed by atoms with van der Waals surface area (Å²) in [4.78, 5) is 10.7. The number of hydrazine groups is 1. The fraction of sp³-hybridized carbons (Fsp3) is 0.286. The summed E-state index contributed by atoms with van der Waals surface area (Å²) in [5.41, 5.74) is 4.28. The molecule has 1 aromatic heterocycles. The second kappa shape index (κ2) is 6.40. The summed E-state index contributed by atoms with van der Waals surface area (Å²) < 4.78 is 13.1. The number of benzene rings is 1. The van der Waals surface area contributed by atoms with E-state index in [0.29, 0.717) is 24.7 Å². The summed E-state index contributed by atoms with van der Waals surface area (Å²) in [6.45, 7) is 3.08. The molecule has 20 heavy (non-hydrogen) atoms. The minimum absolute atomic E-state index is 0.225. The summed E-state index contributed by atoms with van der Waals surface area (Å²) in [7, 11) is 1.94. The van der Waals surface area contributed by atoms with Gasteiger partial charge in [-0.15, -0.1) is 0 Å². The van der Waals surface area contributed by atoms with Gasteiger partial charge in [0.2, 0.25) is 0 Å². The van der Waals surface area contributed by atoms with Gasteiger partial charge in [0.1, 0.15) is 17.5 Å². The third kappa shape index (κ3) is 3.97. The second-order valence-electron chi connectivity index (χ2n) is 4.76. The monoisotopic (exact) mass is 275 g/mol. The molecule has 0 aliphatic carbocycles. The molecule has 106 valence electrons. The lowest BCUT2D eigenvalue weighted by molar-refractivity contribution is 0.310. The zero-order valence-electron chi connectivity index (χ0n) is 11.6. The Hall–Kier alpha value is -2.05. The number of nitrogens with zero attached hydrogens (tertiary/aromatic N) is 3. The van der Waals surface area contributed by atoms with Gasteiger partial charge < -0.3 is 5.43 Å². The van der Waals surface area contributed by atoms with Crippen molar-refractivity contribution in [2.24, 2.45) is 5.84 Å². The van der Waals surface area contributed by atoms with Crippen LogP contribution in [-0.2, 0) is 13.1 Å². The molecular weight excluding hydrogens is 257 g/mol. The van der Waals surface area contributed by atoms with E-state index in [1.165, 1.54) is 12.1 Å². The fourth-order valence-electron chi connectivity index (χ4n) is 2.02. The van der Waals surface area contributed by atoms with Crippen molar-refractivity contribution in [1.29, 1.82) is 0 Å². The van der Waals surface area contributed by atoms with Crippen LogP contribution in [0.2, 0.25) is 0 Å². The molecular formula is C14H18FN5. The molecule has 6 heteroatoms. The van der Waals surface area contributed by atoms with Crippen molar-refractivity contribution >= 4 is 5.82 Å². The first-order valence-electron chi connectivity index (χ1n) is 6.31. The number of halogens is 1. The van der Waals surface area contributed by atoms with Crippen LogP contribution in [0.15, 0.2) is 30.3 Å². The van der Waals surface area contributed by atoms with E-state index in [2.05, 4.69) is 15.4 Å². The maximum absolute atomic E-state index is 13.1. The lowest BCUT2D eigenvalue weighted by atomic mass is 10.2. The van der Waals surface area contributed by atoms with Crippen molar-refractivity contribution < 1.29 is 4.39 Å². The van der Waals surface area contributed by atoms with E-state index in [1.54, 1.807) is 12.1 Å². The highest BCUT2D eigenvalue weighted by molar-refractivity contribution is 5.33. The Kier molecular flexibility index (Phi) is 4.60. The average molecular weight is 275 g/mol. The average Bonchev–Trinajstić information content (AvgIpc) is 2.37. The Labute approximate surface area is 117 Å². The van der Waals surface area contributed by atoms with E-state index in [1.807, 2.05) is 24.9 Å². The highest BCUT2D eigenvalue weighted by atomic mass is 19.1. The number of aromatic nitrogens is 2. The van der Waals surface area contributed by atoms with Crippen LogP contribution < -0.4 is 11.3 Å². The van der Waals surface area contributed by atoms with Gasteiger partial charge in [-0.05, 0) is 31.7 Å². The van der Waals surface area contributed by atoms with Gasteiger partial charge in [-0.2, -0.15) is 0 Å². The molecule has 0 radical (unpaired) electrons. The predicted molar refractivity (Wildman–Crippen MR) is 76.2 cm³/mol. The van der Waals surface area contributed by atoms with Crippen LogP contribution in [0.3, 0.4) is 0 Å². The molecule has 1 heterocycles. The topological polar surface area (TPSA) is 67.1 Å². The summed E-state index contributed by atoms with van der Waals surface area (Å²) in [5.74, 6) is 6.41. The number of nitrogens with two attached hydrogens (primary N) is 1. The van der Waals surface area contributed by atoms with Gasteiger partial charge in [-0.3, -0.25) is 4.90 Å². The van der Waals surface area contributed by atoms with Crippen LogP contribution in [0, 0.1) is 12.7 Å². The molecule has 5 nitrogen and oxygen atoms in total. The van der Waals surface area contributed by atoms with E-state index >= 15 is 0 Å². The third-order valence-electron chi connectivity index (χ3n) is 2.80. The van der Waals surface area contributed by atoms with Crippen LogP contribution in [-0.4, -0.2) is 21.9 Å². The zero-order chi connectivity index (χ0) is 14.5. The van der Waals surface area contributed by atoms with Crippen LogP contribution in [0.1, 0.15) is 17.1 Å². The molecule has 0 bridgehead atoms. The van der Waals surface area contributed by atoms with Crippen molar-refractivity contribution in [3.63, 3.8) is 0 Å². The summed E-state index contributed by atoms with van der Waals surface area (Å²) in [6.07, 6.45) is 0. The maximum atomic E-state index is 13.1. The molecule has 1 aromatic carbocycles. The Bertz CT molecular complexity index is 588. The predicted octanol–water partition coefficient (Wildman–Crippen LogP) is 1.84. The minimum atomic E-state index is -0.225. The quantitative estimate of drug-likeness (QED) is 0.644. The molecule has 0 saturated carbocycles. The Morgan fingerprint density at radius 2 is 2.05 bits per heavy atom. The van der Waals surface area contributed by atoms with Crippen LogP contribution in [0.25, 0.3) is 0 Å². The summed E-state index contributed by atoms with van der Waals surface area (Å²) >= 11 is 0. The van der Waals surface area contributed by atoms with Crippen molar-refractivity contribution in [3.8, 4) is 0 Å². The number of aryl methyl sites for hydroxylation is 1. The molecule has 0 saturated heterocycles. The summed E-state index contributed by atoms with van der Waals surface area (Å²) in [5, 5.41) is 0. The standard InChI is InChI=1S/C14H18FN5/c1-10-6-13(19-16)18-14(17-10)9-20(2)8-11-4-3-5-12(15)7-11/h3-7H,8-9,16H2,1-2H3,(H,17,18,19). The first-order chi connectivity index (χ1) is 9.56. The SMILES string of the molecule is Cc1cc(NN)nc(CN(C)Cc2cccc(F)c2)n1. The number of nitrogens with one attached hydrogen (secondary N) is 1. The van der Waals surface area contributed by atoms with Gasteiger partial charge in [-0.1, -0.05) is 12.1 Å². The Balaban J connectivity index is 2.04. The lowest BCUT2D eigenvalue weighted by Crippen LogP contribution is -2.20. The normalized spacial score (nSPS) is 10.8. The van der Waals surface area contributed by atoms with Crippen molar-refractivity contribution in [2.45, 2.75) is 20.0 Å². The van der Waals surface area contributed by atoms with Crippen LogP contribution >= 0.6 is 0 Å². The molecule has 0 spiro atoms. The first-order valence-corrected chi connectivity index (χ1v) is 6.31. The molecule has 0 amide bonds. The number of anilines is 1. The van der Waals surface area contributed by atoms with Crippen molar-refractivity contribution in [3.05, 3.63) is 53.2 Å². The van der Waals surface area contributed by atoms with E-state index < -0.39 is 0 Å². The Morgan fingerprint density at radius 1 is 1.25 bits per heavy atom. The van der Waals surface area contributed by atoms with E-state index in [0.717, 1.165) is 11.3 Å². The minimum Gasteiger partial charge on any atom is -0.308 e. The van der Waals surface area contributed by atoms with Crippen molar-refractivity contribution in [2.75, 3.05) is 12.5 Å². The summed E-state index contributed by atoms with van der Waals surface area (Å²) in [6, 6.07) is 8.34. The molecule has 0 aliphatic rings. The number of nitrogen functional groups attached to an aromatic ring is 1. The smallest absolute Gasteiger partial charge is 0.145 e. The van der Waals surface area contributed by atoms with Gasteiger partial charge in [0, 0.05) is 18.3 Å². The highest BCUT2D eigenvalue weighted by Gasteiger charge is 2.07. The van der Waals surface area contributed by atoms with Gasteiger partial charge in [0.15, 0.2) is 0 Å². The van der Waals surface area contributed by atoms with Gasteiger partial charge in [0.25, 0.3) is 0 Å².